The first-order valence-electron chi connectivity index (χ1n) is 5.72. The molecule has 86 valence electrons. The Balaban J connectivity index is 2.29. The Morgan fingerprint density at radius 1 is 1.40 bits per heavy atom. The van der Waals surface area contributed by atoms with E-state index >= 15 is 0 Å². The smallest absolute Gasteiger partial charge is 0.0113 e. The van der Waals surface area contributed by atoms with Gasteiger partial charge in [0.25, 0.3) is 0 Å². The molecule has 2 heteroatoms. The molecule has 1 atom stereocenters. The molecule has 0 aliphatic heterocycles. The van der Waals surface area contributed by atoms with E-state index in [9.17, 15) is 0 Å². The van der Waals surface area contributed by atoms with Crippen molar-refractivity contribution in [3.05, 3.63) is 22.4 Å². The van der Waals surface area contributed by atoms with E-state index in [1.807, 2.05) is 0 Å². The molecular weight excluding hydrogens is 202 g/mol. The summed E-state index contributed by atoms with van der Waals surface area (Å²) in [5.41, 5.74) is 1.85. The highest BCUT2D eigenvalue weighted by Gasteiger charge is 2.21. The highest BCUT2D eigenvalue weighted by molar-refractivity contribution is 7.07. The van der Waals surface area contributed by atoms with Gasteiger partial charge in [0, 0.05) is 6.04 Å². The Kier molecular flexibility index (Phi) is 4.81. The standard InChI is InChI=1S/C13H23NS/c1-13(2,3)12(14-4)7-5-6-11-8-9-15-10-11/h8-10,12,14H,5-7H2,1-4H3. The van der Waals surface area contributed by atoms with Crippen LogP contribution in [0.2, 0.25) is 0 Å². The number of rotatable bonds is 5. The molecule has 1 aromatic heterocycles. The van der Waals surface area contributed by atoms with Gasteiger partial charge in [-0.1, -0.05) is 20.8 Å². The monoisotopic (exact) mass is 225 g/mol. The maximum absolute atomic E-state index is 3.42. The van der Waals surface area contributed by atoms with Crippen LogP contribution in [0.15, 0.2) is 16.8 Å². The molecule has 0 spiro atoms. The summed E-state index contributed by atoms with van der Waals surface area (Å²) in [4.78, 5) is 0. The first-order valence-corrected chi connectivity index (χ1v) is 6.66. The van der Waals surface area contributed by atoms with Crippen LogP contribution < -0.4 is 5.32 Å². The maximum atomic E-state index is 3.42. The van der Waals surface area contributed by atoms with Crippen LogP contribution in [0.3, 0.4) is 0 Å². The van der Waals surface area contributed by atoms with E-state index < -0.39 is 0 Å². The first kappa shape index (κ1) is 12.7. The fourth-order valence-corrected chi connectivity index (χ4v) is 2.66. The molecule has 1 rings (SSSR count). The Morgan fingerprint density at radius 3 is 2.60 bits per heavy atom. The van der Waals surface area contributed by atoms with Crippen LogP contribution in [-0.4, -0.2) is 13.1 Å². The Labute approximate surface area is 97.9 Å². The van der Waals surface area contributed by atoms with Crippen LogP contribution in [0.25, 0.3) is 0 Å². The Bertz CT molecular complexity index is 259. The largest absolute Gasteiger partial charge is 0.316 e. The molecule has 0 saturated heterocycles. The van der Waals surface area contributed by atoms with Gasteiger partial charge in [-0.15, -0.1) is 0 Å². The van der Waals surface area contributed by atoms with Crippen LogP contribution in [0.4, 0.5) is 0 Å². The van der Waals surface area contributed by atoms with Gasteiger partial charge in [-0.2, -0.15) is 11.3 Å². The number of thiophene rings is 1. The zero-order valence-corrected chi connectivity index (χ0v) is 11.2. The number of nitrogens with one attached hydrogen (secondary N) is 1. The third-order valence-corrected chi connectivity index (χ3v) is 3.66. The van der Waals surface area contributed by atoms with Crippen molar-refractivity contribution in [3.8, 4) is 0 Å². The lowest BCUT2D eigenvalue weighted by atomic mass is 9.83. The van der Waals surface area contributed by atoms with Crippen molar-refractivity contribution < 1.29 is 0 Å². The predicted molar refractivity (Wildman–Crippen MR) is 69.6 cm³/mol. The van der Waals surface area contributed by atoms with Gasteiger partial charge in [0.15, 0.2) is 0 Å². The molecule has 0 radical (unpaired) electrons. The molecule has 15 heavy (non-hydrogen) atoms. The number of hydrogen-bond donors (Lipinski definition) is 1. The molecule has 1 heterocycles. The van der Waals surface area contributed by atoms with E-state index in [2.05, 4.69) is 50.0 Å². The molecule has 0 fully saturated rings. The van der Waals surface area contributed by atoms with Gasteiger partial charge in [-0.05, 0) is 54.1 Å². The molecule has 1 aromatic rings. The molecule has 0 saturated carbocycles. The minimum Gasteiger partial charge on any atom is -0.316 e. The van der Waals surface area contributed by atoms with Gasteiger partial charge < -0.3 is 5.32 Å². The summed E-state index contributed by atoms with van der Waals surface area (Å²) in [6.45, 7) is 6.91. The van der Waals surface area contributed by atoms with Gasteiger partial charge in [0.05, 0.1) is 0 Å². The van der Waals surface area contributed by atoms with Crippen molar-refractivity contribution in [1.29, 1.82) is 0 Å². The quantitative estimate of drug-likeness (QED) is 0.805. The number of hydrogen-bond acceptors (Lipinski definition) is 2. The van der Waals surface area contributed by atoms with E-state index in [-0.39, 0.29) is 0 Å². The van der Waals surface area contributed by atoms with E-state index in [1.165, 1.54) is 24.8 Å². The minimum absolute atomic E-state index is 0.364. The molecular formula is C13H23NS. The van der Waals surface area contributed by atoms with Crippen LogP contribution in [0.1, 0.15) is 39.2 Å². The van der Waals surface area contributed by atoms with Gasteiger partial charge in [0.2, 0.25) is 0 Å². The minimum atomic E-state index is 0.364. The molecule has 0 aromatic carbocycles. The molecule has 0 aliphatic carbocycles. The Morgan fingerprint density at radius 2 is 2.13 bits per heavy atom. The molecule has 1 unspecified atom stereocenters. The summed E-state index contributed by atoms with van der Waals surface area (Å²) in [5, 5.41) is 7.84. The van der Waals surface area contributed by atoms with Crippen LogP contribution >= 0.6 is 11.3 Å². The average Bonchev–Trinajstić information content (AvgIpc) is 2.62. The summed E-state index contributed by atoms with van der Waals surface area (Å²) in [6.07, 6.45) is 3.76. The van der Waals surface area contributed by atoms with Gasteiger partial charge >= 0.3 is 0 Å². The van der Waals surface area contributed by atoms with E-state index in [4.69, 9.17) is 0 Å². The summed E-state index contributed by atoms with van der Waals surface area (Å²) >= 11 is 1.79. The van der Waals surface area contributed by atoms with Gasteiger partial charge in [0.1, 0.15) is 0 Å². The van der Waals surface area contributed by atoms with E-state index in [0.29, 0.717) is 11.5 Å². The van der Waals surface area contributed by atoms with Crippen LogP contribution in [0.5, 0.6) is 0 Å². The average molecular weight is 225 g/mol. The lowest BCUT2D eigenvalue weighted by Gasteiger charge is -2.30. The van der Waals surface area contributed by atoms with E-state index in [1.54, 1.807) is 11.3 Å². The molecule has 0 amide bonds. The fraction of sp³-hybridized carbons (Fsp3) is 0.692. The van der Waals surface area contributed by atoms with Crippen LogP contribution in [-0.2, 0) is 6.42 Å². The van der Waals surface area contributed by atoms with Gasteiger partial charge in [-0.25, -0.2) is 0 Å². The summed E-state index contributed by atoms with van der Waals surface area (Å²) in [6, 6.07) is 2.85. The van der Waals surface area contributed by atoms with E-state index in [0.717, 1.165) is 0 Å². The SMILES string of the molecule is CNC(CCCc1ccsc1)C(C)(C)C. The Hall–Kier alpha value is -0.340. The normalized spacial score (nSPS) is 14.1. The summed E-state index contributed by atoms with van der Waals surface area (Å²) < 4.78 is 0. The molecule has 1 nitrogen and oxygen atoms in total. The fourth-order valence-electron chi connectivity index (χ4n) is 1.96. The topological polar surface area (TPSA) is 12.0 Å². The zero-order valence-electron chi connectivity index (χ0n) is 10.3. The van der Waals surface area contributed by atoms with Crippen molar-refractivity contribution in [2.24, 2.45) is 5.41 Å². The summed E-state index contributed by atoms with van der Waals surface area (Å²) in [5.74, 6) is 0. The van der Waals surface area contributed by atoms with Crippen molar-refractivity contribution in [2.75, 3.05) is 7.05 Å². The first-order chi connectivity index (χ1) is 7.04. The second-order valence-electron chi connectivity index (χ2n) is 5.23. The number of aryl methyl sites for hydroxylation is 1. The highest BCUT2D eigenvalue weighted by Crippen LogP contribution is 2.23. The molecule has 1 N–H and O–H groups in total. The maximum Gasteiger partial charge on any atom is 0.0113 e. The van der Waals surface area contributed by atoms with Crippen molar-refractivity contribution in [2.45, 2.75) is 46.1 Å². The molecule has 0 bridgehead atoms. The van der Waals surface area contributed by atoms with Crippen LogP contribution in [0, 0.1) is 5.41 Å². The third-order valence-electron chi connectivity index (χ3n) is 2.93. The van der Waals surface area contributed by atoms with Crippen molar-refractivity contribution in [3.63, 3.8) is 0 Å². The third kappa shape index (κ3) is 4.35. The summed E-state index contributed by atoms with van der Waals surface area (Å²) in [7, 11) is 2.07. The lowest BCUT2D eigenvalue weighted by Crippen LogP contribution is -2.37. The lowest BCUT2D eigenvalue weighted by molar-refractivity contribution is 0.264. The van der Waals surface area contributed by atoms with Gasteiger partial charge in [-0.3, -0.25) is 0 Å². The predicted octanol–water partition coefficient (Wildman–Crippen LogP) is 3.70. The zero-order chi connectivity index (χ0) is 11.3. The molecule has 0 aliphatic rings. The second kappa shape index (κ2) is 5.66. The van der Waals surface area contributed by atoms with Crippen molar-refractivity contribution >= 4 is 11.3 Å². The second-order valence-corrected chi connectivity index (χ2v) is 6.01. The van der Waals surface area contributed by atoms with Crippen molar-refractivity contribution in [1.82, 2.24) is 5.32 Å². The highest BCUT2D eigenvalue weighted by atomic mass is 32.1.